The number of hydrogen-bond acceptors (Lipinski definition) is 4. The van der Waals surface area contributed by atoms with Crippen LogP contribution in [0.15, 0.2) is 77.3 Å². The van der Waals surface area contributed by atoms with Gasteiger partial charge in [0.2, 0.25) is 5.91 Å². The summed E-state index contributed by atoms with van der Waals surface area (Å²) in [6, 6.07) is 22.4. The summed E-state index contributed by atoms with van der Waals surface area (Å²) in [6.45, 7) is 2.38. The van der Waals surface area contributed by atoms with Crippen LogP contribution in [0.1, 0.15) is 35.7 Å². The lowest BCUT2D eigenvalue weighted by Gasteiger charge is -2.14. The van der Waals surface area contributed by atoms with E-state index in [1.54, 1.807) is 36.4 Å². The van der Waals surface area contributed by atoms with Crippen molar-refractivity contribution in [3.05, 3.63) is 88.4 Å². The first-order valence-corrected chi connectivity index (χ1v) is 12.1. The number of nitrogens with one attached hydrogen (secondary N) is 3. The number of halogens is 1. The molecule has 2 amide bonds. The maximum Gasteiger partial charge on any atom is 0.261 e. The van der Waals surface area contributed by atoms with Gasteiger partial charge in [-0.2, -0.15) is 0 Å². The smallest absolute Gasteiger partial charge is 0.261 e. The van der Waals surface area contributed by atoms with Crippen LogP contribution in [0.2, 0.25) is 0 Å². The molecular formula is C26H26BrN3O3S. The standard InChI is InChI=1S/C26H26BrN3O3S/c1-2-7-24(31)28-20-10-6-11-21(17-20)29-26(34)30-25(32)22-16-19(27)12-13-23(22)33-15-14-18-8-4-3-5-9-18/h3-6,8-13,16-17H,2,7,14-15H2,1H3,(H,28,31)(H2,29,30,32,34). The number of benzene rings is 3. The molecule has 0 aromatic heterocycles. The number of ether oxygens (including phenoxy) is 1. The second-order valence-corrected chi connectivity index (χ2v) is 8.84. The van der Waals surface area contributed by atoms with Gasteiger partial charge in [0.05, 0.1) is 12.2 Å². The summed E-state index contributed by atoms with van der Waals surface area (Å²) in [5, 5.41) is 8.65. The van der Waals surface area contributed by atoms with Crippen LogP contribution in [0.4, 0.5) is 11.4 Å². The van der Waals surface area contributed by atoms with E-state index in [9.17, 15) is 9.59 Å². The van der Waals surface area contributed by atoms with E-state index in [2.05, 4.69) is 31.9 Å². The summed E-state index contributed by atoms with van der Waals surface area (Å²) in [5.74, 6) is 0.0333. The number of carbonyl (C=O) groups is 2. The zero-order valence-electron chi connectivity index (χ0n) is 18.8. The van der Waals surface area contributed by atoms with Crippen molar-refractivity contribution in [1.82, 2.24) is 5.32 Å². The Labute approximate surface area is 213 Å². The molecule has 3 aromatic rings. The molecule has 0 fully saturated rings. The van der Waals surface area contributed by atoms with Gasteiger partial charge in [0.15, 0.2) is 5.11 Å². The molecule has 3 aromatic carbocycles. The van der Waals surface area contributed by atoms with Crippen LogP contribution in [0.25, 0.3) is 0 Å². The molecule has 8 heteroatoms. The SMILES string of the molecule is CCCC(=O)Nc1cccc(NC(=S)NC(=O)c2cc(Br)ccc2OCCc2ccccc2)c1. The Morgan fingerprint density at radius 1 is 0.941 bits per heavy atom. The summed E-state index contributed by atoms with van der Waals surface area (Å²) in [4.78, 5) is 24.8. The molecule has 0 saturated heterocycles. The van der Waals surface area contributed by atoms with E-state index in [0.717, 1.165) is 22.9 Å². The first-order chi connectivity index (χ1) is 16.4. The molecule has 0 spiro atoms. The van der Waals surface area contributed by atoms with E-state index in [1.165, 1.54) is 0 Å². The summed E-state index contributed by atoms with van der Waals surface area (Å²) >= 11 is 8.74. The molecule has 3 rings (SSSR count). The highest BCUT2D eigenvalue weighted by Crippen LogP contribution is 2.24. The molecule has 0 aliphatic rings. The lowest BCUT2D eigenvalue weighted by molar-refractivity contribution is -0.116. The maximum absolute atomic E-state index is 12.9. The Morgan fingerprint density at radius 2 is 1.68 bits per heavy atom. The van der Waals surface area contributed by atoms with Crippen molar-refractivity contribution in [3.8, 4) is 5.75 Å². The van der Waals surface area contributed by atoms with Crippen LogP contribution in [-0.4, -0.2) is 23.5 Å². The van der Waals surface area contributed by atoms with Gasteiger partial charge >= 0.3 is 0 Å². The lowest BCUT2D eigenvalue weighted by atomic mass is 10.1. The molecule has 0 unspecified atom stereocenters. The third kappa shape index (κ3) is 7.97. The normalized spacial score (nSPS) is 10.3. The van der Waals surface area contributed by atoms with Crippen LogP contribution in [0.3, 0.4) is 0 Å². The summed E-state index contributed by atoms with van der Waals surface area (Å²) in [7, 11) is 0. The van der Waals surface area contributed by atoms with E-state index in [1.807, 2.05) is 43.3 Å². The minimum Gasteiger partial charge on any atom is -0.492 e. The molecule has 34 heavy (non-hydrogen) atoms. The fourth-order valence-electron chi connectivity index (χ4n) is 3.19. The number of thiocarbonyl (C=S) groups is 1. The van der Waals surface area contributed by atoms with E-state index in [4.69, 9.17) is 17.0 Å². The number of carbonyl (C=O) groups excluding carboxylic acids is 2. The van der Waals surface area contributed by atoms with E-state index in [-0.39, 0.29) is 16.9 Å². The summed E-state index contributed by atoms with van der Waals surface area (Å²) in [5.41, 5.74) is 2.82. The van der Waals surface area contributed by atoms with Crippen molar-refractivity contribution in [2.24, 2.45) is 0 Å². The van der Waals surface area contributed by atoms with Gasteiger partial charge in [-0.3, -0.25) is 14.9 Å². The molecule has 0 radical (unpaired) electrons. The molecule has 0 aliphatic heterocycles. The zero-order chi connectivity index (χ0) is 24.3. The number of hydrogen-bond donors (Lipinski definition) is 3. The molecule has 0 heterocycles. The van der Waals surface area contributed by atoms with Crippen LogP contribution >= 0.6 is 28.1 Å². The third-order valence-corrected chi connectivity index (χ3v) is 5.48. The Hall–Kier alpha value is -3.23. The van der Waals surface area contributed by atoms with Crippen molar-refractivity contribution in [3.63, 3.8) is 0 Å². The average Bonchev–Trinajstić information content (AvgIpc) is 2.81. The molecule has 176 valence electrons. The second kappa shape index (κ2) is 12.9. The van der Waals surface area contributed by atoms with Gasteiger partial charge in [0.1, 0.15) is 5.75 Å². The predicted molar refractivity (Wildman–Crippen MR) is 143 cm³/mol. The number of rotatable bonds is 9. The van der Waals surface area contributed by atoms with E-state index < -0.39 is 0 Å². The average molecular weight is 540 g/mol. The van der Waals surface area contributed by atoms with Gasteiger partial charge in [-0.25, -0.2) is 0 Å². The van der Waals surface area contributed by atoms with Crippen molar-refractivity contribution in [1.29, 1.82) is 0 Å². The molecule has 3 N–H and O–H groups in total. The predicted octanol–water partition coefficient (Wildman–Crippen LogP) is 5.94. The third-order valence-electron chi connectivity index (χ3n) is 4.79. The Kier molecular flexibility index (Phi) is 9.61. The minimum atomic E-state index is -0.388. The fraction of sp³-hybridized carbons (Fsp3) is 0.192. The van der Waals surface area contributed by atoms with Gasteiger partial charge < -0.3 is 15.4 Å². The van der Waals surface area contributed by atoms with E-state index >= 15 is 0 Å². The van der Waals surface area contributed by atoms with E-state index in [0.29, 0.717) is 35.7 Å². The van der Waals surface area contributed by atoms with Gasteiger partial charge in [0.25, 0.3) is 5.91 Å². The molecule has 6 nitrogen and oxygen atoms in total. The highest BCUT2D eigenvalue weighted by molar-refractivity contribution is 9.10. The topological polar surface area (TPSA) is 79.5 Å². The van der Waals surface area contributed by atoms with Gasteiger partial charge in [0, 0.05) is 28.7 Å². The quantitative estimate of drug-likeness (QED) is 0.293. The number of amides is 2. The van der Waals surface area contributed by atoms with Crippen LogP contribution < -0.4 is 20.7 Å². The Balaban J connectivity index is 1.61. The van der Waals surface area contributed by atoms with Crippen molar-refractivity contribution in [2.75, 3.05) is 17.2 Å². The van der Waals surface area contributed by atoms with Gasteiger partial charge in [-0.05, 0) is 60.6 Å². The van der Waals surface area contributed by atoms with Crippen LogP contribution in [0, 0.1) is 0 Å². The van der Waals surface area contributed by atoms with Crippen molar-refractivity contribution >= 4 is 56.4 Å². The molecule has 0 bridgehead atoms. The molecule has 0 saturated carbocycles. The monoisotopic (exact) mass is 539 g/mol. The van der Waals surface area contributed by atoms with Crippen molar-refractivity contribution < 1.29 is 14.3 Å². The molecular weight excluding hydrogens is 514 g/mol. The van der Waals surface area contributed by atoms with Crippen LogP contribution in [0.5, 0.6) is 5.75 Å². The fourth-order valence-corrected chi connectivity index (χ4v) is 3.76. The highest BCUT2D eigenvalue weighted by Gasteiger charge is 2.15. The summed E-state index contributed by atoms with van der Waals surface area (Å²) < 4.78 is 6.66. The number of anilines is 2. The zero-order valence-corrected chi connectivity index (χ0v) is 21.2. The van der Waals surface area contributed by atoms with Crippen LogP contribution in [-0.2, 0) is 11.2 Å². The molecule has 0 aliphatic carbocycles. The first kappa shape index (κ1) is 25.4. The maximum atomic E-state index is 12.9. The first-order valence-electron chi connectivity index (χ1n) is 10.9. The molecule has 0 atom stereocenters. The van der Waals surface area contributed by atoms with Crippen molar-refractivity contribution in [2.45, 2.75) is 26.2 Å². The van der Waals surface area contributed by atoms with Gasteiger partial charge in [-0.1, -0.05) is 59.3 Å². The largest absolute Gasteiger partial charge is 0.492 e. The highest BCUT2D eigenvalue weighted by atomic mass is 79.9. The summed E-state index contributed by atoms with van der Waals surface area (Å²) in [6.07, 6.45) is 1.95. The second-order valence-electron chi connectivity index (χ2n) is 7.51. The minimum absolute atomic E-state index is 0.0509. The Bertz CT molecular complexity index is 1160. The Morgan fingerprint density at radius 3 is 2.41 bits per heavy atom. The lowest BCUT2D eigenvalue weighted by Crippen LogP contribution is -2.34. The van der Waals surface area contributed by atoms with Gasteiger partial charge in [-0.15, -0.1) is 0 Å².